The van der Waals surface area contributed by atoms with E-state index in [4.69, 9.17) is 5.73 Å². The SMILES string of the molecule is CSC1CCC(NC(=O)[C@H](N)Cc2ccccc2)C1. The molecule has 0 spiro atoms. The maximum atomic E-state index is 12.1. The van der Waals surface area contributed by atoms with E-state index in [2.05, 4.69) is 11.6 Å². The Morgan fingerprint density at radius 1 is 1.42 bits per heavy atom. The summed E-state index contributed by atoms with van der Waals surface area (Å²) in [5.74, 6) is -0.0180. The topological polar surface area (TPSA) is 55.1 Å². The first-order valence-corrected chi connectivity index (χ1v) is 8.10. The summed E-state index contributed by atoms with van der Waals surface area (Å²) in [5, 5.41) is 3.78. The van der Waals surface area contributed by atoms with Crippen LogP contribution < -0.4 is 11.1 Å². The molecule has 104 valence electrons. The van der Waals surface area contributed by atoms with Crippen LogP contribution in [0.25, 0.3) is 0 Å². The Balaban J connectivity index is 1.80. The minimum atomic E-state index is -0.448. The van der Waals surface area contributed by atoms with Crippen molar-refractivity contribution < 1.29 is 4.79 Å². The van der Waals surface area contributed by atoms with Gasteiger partial charge in [0, 0.05) is 11.3 Å². The molecule has 0 heterocycles. The van der Waals surface area contributed by atoms with Crippen LogP contribution in [-0.2, 0) is 11.2 Å². The van der Waals surface area contributed by atoms with Crippen LogP contribution in [-0.4, -0.2) is 29.5 Å². The second-order valence-electron chi connectivity index (χ2n) is 5.17. The molecule has 1 aromatic carbocycles. The summed E-state index contributed by atoms with van der Waals surface area (Å²) in [5.41, 5.74) is 7.09. The lowest BCUT2D eigenvalue weighted by atomic mass is 10.1. The van der Waals surface area contributed by atoms with E-state index >= 15 is 0 Å². The third-order valence-corrected chi connectivity index (χ3v) is 4.79. The first-order chi connectivity index (χ1) is 9.19. The fraction of sp³-hybridized carbons (Fsp3) is 0.533. The highest BCUT2D eigenvalue weighted by Gasteiger charge is 2.26. The number of amides is 1. The molecule has 3 N–H and O–H groups in total. The molecule has 2 unspecified atom stereocenters. The molecule has 0 radical (unpaired) electrons. The molecular weight excluding hydrogens is 256 g/mol. The maximum Gasteiger partial charge on any atom is 0.237 e. The molecule has 1 amide bonds. The first kappa shape index (κ1) is 14.4. The van der Waals surface area contributed by atoms with Crippen molar-refractivity contribution in [3.8, 4) is 0 Å². The molecule has 0 bridgehead atoms. The molecule has 1 aliphatic carbocycles. The highest BCUT2D eigenvalue weighted by Crippen LogP contribution is 2.28. The summed E-state index contributed by atoms with van der Waals surface area (Å²) < 4.78 is 0. The number of carbonyl (C=O) groups excluding carboxylic acids is 1. The van der Waals surface area contributed by atoms with E-state index in [1.807, 2.05) is 42.1 Å². The zero-order chi connectivity index (χ0) is 13.7. The Morgan fingerprint density at radius 3 is 2.79 bits per heavy atom. The van der Waals surface area contributed by atoms with Gasteiger partial charge in [-0.05, 0) is 37.5 Å². The van der Waals surface area contributed by atoms with Gasteiger partial charge in [-0.15, -0.1) is 0 Å². The number of hydrogen-bond acceptors (Lipinski definition) is 3. The Hall–Kier alpha value is -1.00. The molecular formula is C15H22N2OS. The van der Waals surface area contributed by atoms with Gasteiger partial charge in [-0.25, -0.2) is 0 Å². The molecule has 1 fully saturated rings. The summed E-state index contributed by atoms with van der Waals surface area (Å²) in [6.07, 6.45) is 6.08. The normalized spacial score (nSPS) is 24.1. The van der Waals surface area contributed by atoms with Crippen molar-refractivity contribution in [2.24, 2.45) is 5.73 Å². The van der Waals surface area contributed by atoms with Crippen molar-refractivity contribution in [1.29, 1.82) is 0 Å². The predicted molar refractivity (Wildman–Crippen MR) is 81.2 cm³/mol. The highest BCUT2D eigenvalue weighted by atomic mass is 32.2. The monoisotopic (exact) mass is 278 g/mol. The number of hydrogen-bond donors (Lipinski definition) is 2. The maximum absolute atomic E-state index is 12.1. The lowest BCUT2D eigenvalue weighted by molar-refractivity contribution is -0.123. The van der Waals surface area contributed by atoms with Crippen molar-refractivity contribution in [3.63, 3.8) is 0 Å². The average Bonchev–Trinajstić information content (AvgIpc) is 2.87. The number of nitrogens with one attached hydrogen (secondary N) is 1. The molecule has 3 nitrogen and oxygen atoms in total. The van der Waals surface area contributed by atoms with Gasteiger partial charge >= 0.3 is 0 Å². The number of rotatable bonds is 5. The molecule has 19 heavy (non-hydrogen) atoms. The Bertz CT molecular complexity index is 410. The largest absolute Gasteiger partial charge is 0.352 e. The quantitative estimate of drug-likeness (QED) is 0.865. The van der Waals surface area contributed by atoms with Gasteiger partial charge in [0.1, 0.15) is 0 Å². The van der Waals surface area contributed by atoms with Crippen molar-refractivity contribution in [3.05, 3.63) is 35.9 Å². The average molecular weight is 278 g/mol. The van der Waals surface area contributed by atoms with Crippen LogP contribution in [0.15, 0.2) is 30.3 Å². The number of benzene rings is 1. The molecule has 0 aromatic heterocycles. The van der Waals surface area contributed by atoms with Crippen LogP contribution in [0.2, 0.25) is 0 Å². The van der Waals surface area contributed by atoms with Crippen molar-refractivity contribution in [2.45, 2.75) is 43.0 Å². The molecule has 1 saturated carbocycles. The minimum absolute atomic E-state index is 0.0180. The van der Waals surface area contributed by atoms with E-state index in [1.165, 1.54) is 6.42 Å². The van der Waals surface area contributed by atoms with E-state index in [0.29, 0.717) is 17.7 Å². The summed E-state index contributed by atoms with van der Waals surface area (Å²) in [6, 6.07) is 9.79. The van der Waals surface area contributed by atoms with Gasteiger partial charge < -0.3 is 11.1 Å². The van der Waals surface area contributed by atoms with E-state index in [9.17, 15) is 4.79 Å². The zero-order valence-electron chi connectivity index (χ0n) is 11.3. The molecule has 3 atom stereocenters. The molecule has 0 aliphatic heterocycles. The standard InChI is InChI=1S/C15H22N2OS/c1-19-13-8-7-12(10-13)17-15(18)14(16)9-11-5-3-2-4-6-11/h2-6,12-14H,7-10,16H2,1H3,(H,17,18)/t12?,13?,14-/m1/s1. The van der Waals surface area contributed by atoms with Crippen LogP contribution in [0.1, 0.15) is 24.8 Å². The number of nitrogens with two attached hydrogens (primary N) is 1. The van der Waals surface area contributed by atoms with Crippen LogP contribution in [0.5, 0.6) is 0 Å². The van der Waals surface area contributed by atoms with E-state index < -0.39 is 6.04 Å². The molecule has 2 rings (SSSR count). The van der Waals surface area contributed by atoms with E-state index in [-0.39, 0.29) is 5.91 Å². The highest BCUT2D eigenvalue weighted by molar-refractivity contribution is 7.99. The van der Waals surface area contributed by atoms with E-state index in [1.54, 1.807) is 0 Å². The minimum Gasteiger partial charge on any atom is -0.352 e. The van der Waals surface area contributed by atoms with Gasteiger partial charge in [0.25, 0.3) is 0 Å². The zero-order valence-corrected chi connectivity index (χ0v) is 12.2. The predicted octanol–water partition coefficient (Wildman–Crippen LogP) is 1.96. The third-order valence-electron chi connectivity index (χ3n) is 3.70. The lowest BCUT2D eigenvalue weighted by Crippen LogP contribution is -2.45. The van der Waals surface area contributed by atoms with Gasteiger partial charge in [0.15, 0.2) is 0 Å². The van der Waals surface area contributed by atoms with Crippen LogP contribution in [0.3, 0.4) is 0 Å². The van der Waals surface area contributed by atoms with Gasteiger partial charge in [0.05, 0.1) is 6.04 Å². The van der Waals surface area contributed by atoms with Gasteiger partial charge in [-0.1, -0.05) is 30.3 Å². The van der Waals surface area contributed by atoms with Crippen LogP contribution in [0.4, 0.5) is 0 Å². The fourth-order valence-corrected chi connectivity index (χ4v) is 3.35. The smallest absolute Gasteiger partial charge is 0.237 e. The Morgan fingerprint density at radius 2 is 2.16 bits per heavy atom. The molecule has 1 aliphatic rings. The van der Waals surface area contributed by atoms with Gasteiger partial charge in [-0.2, -0.15) is 11.8 Å². The second kappa shape index (κ2) is 6.96. The first-order valence-electron chi connectivity index (χ1n) is 6.81. The van der Waals surface area contributed by atoms with Crippen LogP contribution >= 0.6 is 11.8 Å². The fourth-order valence-electron chi connectivity index (χ4n) is 2.55. The summed E-state index contributed by atoms with van der Waals surface area (Å²) >= 11 is 1.89. The third kappa shape index (κ3) is 4.25. The number of carbonyl (C=O) groups is 1. The van der Waals surface area contributed by atoms with Crippen molar-refractivity contribution >= 4 is 17.7 Å². The lowest BCUT2D eigenvalue weighted by Gasteiger charge is -2.17. The van der Waals surface area contributed by atoms with Crippen molar-refractivity contribution in [1.82, 2.24) is 5.32 Å². The van der Waals surface area contributed by atoms with Crippen molar-refractivity contribution in [2.75, 3.05) is 6.26 Å². The molecule has 4 heteroatoms. The van der Waals surface area contributed by atoms with Crippen LogP contribution in [0, 0.1) is 0 Å². The molecule has 0 saturated heterocycles. The second-order valence-corrected chi connectivity index (χ2v) is 6.31. The summed E-state index contributed by atoms with van der Waals surface area (Å²) in [7, 11) is 0. The van der Waals surface area contributed by atoms with Gasteiger partial charge in [-0.3, -0.25) is 4.79 Å². The summed E-state index contributed by atoms with van der Waals surface area (Å²) in [4.78, 5) is 12.1. The Kier molecular flexibility index (Phi) is 5.28. The van der Waals surface area contributed by atoms with E-state index in [0.717, 1.165) is 18.4 Å². The summed E-state index contributed by atoms with van der Waals surface area (Å²) in [6.45, 7) is 0. The molecule has 1 aromatic rings. The van der Waals surface area contributed by atoms with Gasteiger partial charge in [0.2, 0.25) is 5.91 Å². The Labute approximate surface area is 119 Å². The number of thioether (sulfide) groups is 1.